The molecule has 0 saturated heterocycles. The molecule has 3 rings (SSSR count). The number of benzene rings is 1. The maximum Gasteiger partial charge on any atom is 0.150 e. The second kappa shape index (κ2) is 6.91. The minimum atomic E-state index is 0.139. The van der Waals surface area contributed by atoms with Crippen LogP contribution in [-0.4, -0.2) is 9.97 Å². The minimum absolute atomic E-state index is 0.139. The van der Waals surface area contributed by atoms with Gasteiger partial charge in [0.25, 0.3) is 0 Å². The van der Waals surface area contributed by atoms with Gasteiger partial charge in [-0.05, 0) is 24.3 Å². The highest BCUT2D eigenvalue weighted by molar-refractivity contribution is 5.59. The Labute approximate surface area is 138 Å². The quantitative estimate of drug-likeness (QED) is 0.727. The molecule has 0 saturated carbocycles. The van der Waals surface area contributed by atoms with Crippen LogP contribution in [0, 0.1) is 22.7 Å². The van der Waals surface area contributed by atoms with Crippen LogP contribution in [0.3, 0.4) is 0 Å². The van der Waals surface area contributed by atoms with Gasteiger partial charge in [0.05, 0.1) is 18.0 Å². The number of ether oxygens (including phenoxy) is 2. The van der Waals surface area contributed by atoms with Crippen molar-refractivity contribution in [2.75, 3.05) is 0 Å². The fraction of sp³-hybridized carbons (Fsp3) is 0. The molecule has 0 spiro atoms. The van der Waals surface area contributed by atoms with Gasteiger partial charge in [0.2, 0.25) is 0 Å². The van der Waals surface area contributed by atoms with Crippen molar-refractivity contribution in [2.24, 2.45) is 0 Å². The molecule has 0 aliphatic carbocycles. The molecule has 3 aromatic rings. The van der Waals surface area contributed by atoms with E-state index in [2.05, 4.69) is 9.97 Å². The van der Waals surface area contributed by atoms with E-state index >= 15 is 0 Å². The van der Waals surface area contributed by atoms with Crippen LogP contribution in [0.15, 0.2) is 61.2 Å². The zero-order valence-corrected chi connectivity index (χ0v) is 12.4. The Bertz CT molecular complexity index is 929. The average molecular weight is 314 g/mol. The van der Waals surface area contributed by atoms with Gasteiger partial charge in [-0.1, -0.05) is 0 Å². The summed E-state index contributed by atoms with van der Waals surface area (Å²) in [6.45, 7) is 0. The van der Waals surface area contributed by atoms with Crippen molar-refractivity contribution in [3.05, 3.63) is 72.3 Å². The normalized spacial score (nSPS) is 9.58. The van der Waals surface area contributed by atoms with E-state index in [0.717, 1.165) is 0 Å². The summed E-state index contributed by atoms with van der Waals surface area (Å²) in [4.78, 5) is 7.92. The third-order valence-electron chi connectivity index (χ3n) is 3.04. The number of hydrogen-bond acceptors (Lipinski definition) is 6. The lowest BCUT2D eigenvalue weighted by atomic mass is 10.1. The first kappa shape index (κ1) is 15.0. The summed E-state index contributed by atoms with van der Waals surface area (Å²) in [7, 11) is 0. The van der Waals surface area contributed by atoms with Crippen LogP contribution >= 0.6 is 0 Å². The fourth-order valence-corrected chi connectivity index (χ4v) is 2.01. The summed E-state index contributed by atoms with van der Waals surface area (Å²) in [5, 5.41) is 18.6. The number of aromatic nitrogens is 2. The first-order chi connectivity index (χ1) is 11.8. The van der Waals surface area contributed by atoms with Gasteiger partial charge in [-0.2, -0.15) is 10.5 Å². The van der Waals surface area contributed by atoms with E-state index in [1.54, 1.807) is 48.9 Å². The largest absolute Gasteiger partial charge is 0.456 e. The van der Waals surface area contributed by atoms with E-state index in [1.807, 2.05) is 12.1 Å². The standard InChI is InChI=1S/C18H10N4O2/c19-9-13-7-16(23-14-3-1-5-21-11-14)8-18(17(13)10-20)24-15-4-2-6-22-12-15/h1-8,11-12H. The van der Waals surface area contributed by atoms with E-state index in [-0.39, 0.29) is 16.9 Å². The van der Waals surface area contributed by atoms with Crippen molar-refractivity contribution in [2.45, 2.75) is 0 Å². The molecular formula is C18H10N4O2. The number of rotatable bonds is 4. The smallest absolute Gasteiger partial charge is 0.150 e. The lowest BCUT2D eigenvalue weighted by molar-refractivity contribution is 0.457. The fourth-order valence-electron chi connectivity index (χ4n) is 2.01. The molecule has 6 heteroatoms. The second-order valence-corrected chi connectivity index (χ2v) is 4.65. The van der Waals surface area contributed by atoms with Crippen molar-refractivity contribution in [1.29, 1.82) is 10.5 Å². The summed E-state index contributed by atoms with van der Waals surface area (Å²) in [6.07, 6.45) is 6.30. The third kappa shape index (κ3) is 3.29. The molecule has 2 heterocycles. The zero-order chi connectivity index (χ0) is 16.8. The van der Waals surface area contributed by atoms with Gasteiger partial charge in [-0.15, -0.1) is 0 Å². The number of nitrogens with zero attached hydrogens (tertiary/aromatic N) is 4. The van der Waals surface area contributed by atoms with Crippen LogP contribution in [0.1, 0.15) is 11.1 Å². The minimum Gasteiger partial charge on any atom is -0.456 e. The molecule has 6 nitrogen and oxygen atoms in total. The maximum absolute atomic E-state index is 9.34. The highest BCUT2D eigenvalue weighted by Crippen LogP contribution is 2.33. The summed E-state index contributed by atoms with van der Waals surface area (Å²) in [5.41, 5.74) is 0.303. The molecule has 0 bridgehead atoms. The van der Waals surface area contributed by atoms with Gasteiger partial charge in [0, 0.05) is 24.5 Å². The Kier molecular flexibility index (Phi) is 4.32. The first-order valence-electron chi connectivity index (χ1n) is 6.94. The Hall–Kier alpha value is -3.90. The lowest BCUT2D eigenvalue weighted by Gasteiger charge is -2.11. The van der Waals surface area contributed by atoms with Gasteiger partial charge in [-0.3, -0.25) is 9.97 Å². The molecule has 2 aromatic heterocycles. The number of hydrogen-bond donors (Lipinski definition) is 0. The Morgan fingerprint density at radius 3 is 2.00 bits per heavy atom. The number of pyridine rings is 2. The van der Waals surface area contributed by atoms with Crippen molar-refractivity contribution < 1.29 is 9.47 Å². The van der Waals surface area contributed by atoms with Crippen molar-refractivity contribution in [3.8, 4) is 35.1 Å². The molecule has 0 radical (unpaired) electrons. The van der Waals surface area contributed by atoms with Crippen LogP contribution in [-0.2, 0) is 0 Å². The number of nitriles is 2. The van der Waals surface area contributed by atoms with Crippen LogP contribution in [0.25, 0.3) is 0 Å². The van der Waals surface area contributed by atoms with E-state index < -0.39 is 0 Å². The van der Waals surface area contributed by atoms with Crippen LogP contribution in [0.4, 0.5) is 0 Å². The molecular weight excluding hydrogens is 304 g/mol. The SMILES string of the molecule is N#Cc1cc(Oc2cccnc2)cc(Oc2cccnc2)c1C#N. The van der Waals surface area contributed by atoms with Crippen molar-refractivity contribution >= 4 is 0 Å². The van der Waals surface area contributed by atoms with Crippen LogP contribution in [0.2, 0.25) is 0 Å². The Morgan fingerprint density at radius 2 is 1.46 bits per heavy atom. The molecule has 0 atom stereocenters. The summed E-state index contributed by atoms with van der Waals surface area (Å²) in [6, 6.07) is 13.9. The maximum atomic E-state index is 9.34. The molecule has 0 aliphatic rings. The molecule has 1 aromatic carbocycles. The molecule has 0 fully saturated rings. The Balaban J connectivity index is 2.01. The van der Waals surface area contributed by atoms with Gasteiger partial charge in [0.15, 0.2) is 0 Å². The first-order valence-corrected chi connectivity index (χ1v) is 6.94. The molecule has 0 unspecified atom stereocenters. The van der Waals surface area contributed by atoms with E-state index in [0.29, 0.717) is 17.2 Å². The van der Waals surface area contributed by atoms with Crippen molar-refractivity contribution in [1.82, 2.24) is 9.97 Å². The summed E-state index contributed by atoms with van der Waals surface area (Å²) >= 11 is 0. The van der Waals surface area contributed by atoms with Crippen molar-refractivity contribution in [3.63, 3.8) is 0 Å². The van der Waals surface area contributed by atoms with E-state index in [4.69, 9.17) is 9.47 Å². The van der Waals surface area contributed by atoms with Crippen LogP contribution in [0.5, 0.6) is 23.0 Å². The monoisotopic (exact) mass is 314 g/mol. The predicted octanol–water partition coefficient (Wildman–Crippen LogP) is 3.80. The molecule has 0 amide bonds. The lowest BCUT2D eigenvalue weighted by Crippen LogP contribution is -1.95. The molecule has 24 heavy (non-hydrogen) atoms. The highest BCUT2D eigenvalue weighted by atomic mass is 16.5. The third-order valence-corrected chi connectivity index (χ3v) is 3.04. The second-order valence-electron chi connectivity index (χ2n) is 4.65. The summed E-state index contributed by atoms with van der Waals surface area (Å²) in [5.74, 6) is 1.57. The predicted molar refractivity (Wildman–Crippen MR) is 84.5 cm³/mol. The zero-order valence-electron chi connectivity index (χ0n) is 12.4. The van der Waals surface area contributed by atoms with Gasteiger partial charge in [-0.25, -0.2) is 0 Å². The van der Waals surface area contributed by atoms with Crippen LogP contribution < -0.4 is 9.47 Å². The van der Waals surface area contributed by atoms with E-state index in [1.165, 1.54) is 12.3 Å². The molecule has 0 N–H and O–H groups in total. The van der Waals surface area contributed by atoms with Gasteiger partial charge < -0.3 is 9.47 Å². The molecule has 114 valence electrons. The summed E-state index contributed by atoms with van der Waals surface area (Å²) < 4.78 is 11.4. The van der Waals surface area contributed by atoms with Gasteiger partial charge >= 0.3 is 0 Å². The highest BCUT2D eigenvalue weighted by Gasteiger charge is 2.14. The molecule has 0 aliphatic heterocycles. The van der Waals surface area contributed by atoms with E-state index in [9.17, 15) is 10.5 Å². The van der Waals surface area contributed by atoms with Gasteiger partial charge in [0.1, 0.15) is 40.7 Å². The average Bonchev–Trinajstić information content (AvgIpc) is 2.63. The Morgan fingerprint density at radius 1 is 0.792 bits per heavy atom. The topological polar surface area (TPSA) is 91.8 Å².